The van der Waals surface area contributed by atoms with E-state index in [0.29, 0.717) is 0 Å². The molecule has 1 N–H and O–H groups in total. The standard InChI is InChI=1S/C8H19ClN2O2S/c1-7(2,3)10-14(12,13)11(9)8(4,5)6/h10H,1-6H3. The molecule has 0 rings (SSSR count). The molecule has 0 saturated carbocycles. The summed E-state index contributed by atoms with van der Waals surface area (Å²) in [5, 5.41) is 0. The van der Waals surface area contributed by atoms with E-state index in [-0.39, 0.29) is 0 Å². The van der Waals surface area contributed by atoms with Crippen LogP contribution >= 0.6 is 11.8 Å². The Bertz CT molecular complexity index is 287. The van der Waals surface area contributed by atoms with Gasteiger partial charge >= 0.3 is 0 Å². The minimum atomic E-state index is -3.63. The zero-order chi connectivity index (χ0) is 11.8. The lowest BCUT2D eigenvalue weighted by Gasteiger charge is -2.31. The molecule has 0 aromatic rings. The molecule has 0 heterocycles. The maximum Gasteiger partial charge on any atom is 0.293 e. The van der Waals surface area contributed by atoms with E-state index < -0.39 is 21.3 Å². The smallest absolute Gasteiger partial charge is 0.196 e. The summed E-state index contributed by atoms with van der Waals surface area (Å²) >= 11 is 5.74. The summed E-state index contributed by atoms with van der Waals surface area (Å²) in [6.45, 7) is 10.5. The van der Waals surface area contributed by atoms with Crippen molar-refractivity contribution < 1.29 is 8.42 Å². The van der Waals surface area contributed by atoms with Crippen molar-refractivity contribution >= 4 is 22.0 Å². The van der Waals surface area contributed by atoms with Gasteiger partial charge in [-0.3, -0.25) is 0 Å². The monoisotopic (exact) mass is 242 g/mol. The molecule has 0 aliphatic carbocycles. The molecule has 0 aliphatic heterocycles. The third-order valence-electron chi connectivity index (χ3n) is 1.17. The average molecular weight is 243 g/mol. The van der Waals surface area contributed by atoms with Crippen LogP contribution in [0.5, 0.6) is 0 Å². The Hall–Kier alpha value is 0.160. The van der Waals surface area contributed by atoms with Crippen LogP contribution in [0.4, 0.5) is 0 Å². The molecule has 0 amide bonds. The zero-order valence-electron chi connectivity index (χ0n) is 9.55. The van der Waals surface area contributed by atoms with Crippen molar-refractivity contribution in [1.82, 2.24) is 8.55 Å². The molecule has 0 unspecified atom stereocenters. The molecule has 0 bridgehead atoms. The lowest BCUT2D eigenvalue weighted by molar-refractivity contribution is 0.354. The van der Waals surface area contributed by atoms with Crippen molar-refractivity contribution in [1.29, 1.82) is 0 Å². The number of rotatable bonds is 2. The normalized spacial score (nSPS) is 14.9. The van der Waals surface area contributed by atoms with Gasteiger partial charge in [-0.25, -0.2) is 0 Å². The highest BCUT2D eigenvalue weighted by Crippen LogP contribution is 2.21. The molecule has 6 heteroatoms. The Kier molecular flexibility index (Phi) is 4.01. The van der Waals surface area contributed by atoms with Crippen molar-refractivity contribution in [3.63, 3.8) is 0 Å². The molecule has 86 valence electrons. The first-order valence-electron chi connectivity index (χ1n) is 4.36. The Labute approximate surface area is 91.9 Å². The highest BCUT2D eigenvalue weighted by molar-refractivity contribution is 7.88. The van der Waals surface area contributed by atoms with E-state index >= 15 is 0 Å². The summed E-state index contributed by atoms with van der Waals surface area (Å²) < 4.78 is 26.6. The van der Waals surface area contributed by atoms with Crippen LogP contribution in [0.15, 0.2) is 0 Å². The highest BCUT2D eigenvalue weighted by Gasteiger charge is 2.33. The highest BCUT2D eigenvalue weighted by atomic mass is 35.5. The number of nitrogens with zero attached hydrogens (tertiary/aromatic N) is 1. The van der Waals surface area contributed by atoms with Gasteiger partial charge in [-0.15, -0.1) is 0 Å². The summed E-state index contributed by atoms with van der Waals surface area (Å²) in [5.41, 5.74) is -1.17. The van der Waals surface area contributed by atoms with Gasteiger partial charge in [0.1, 0.15) is 0 Å². The van der Waals surface area contributed by atoms with E-state index in [1.165, 1.54) is 0 Å². The maximum absolute atomic E-state index is 11.7. The quantitative estimate of drug-likeness (QED) is 0.752. The molecule has 4 nitrogen and oxygen atoms in total. The van der Waals surface area contributed by atoms with Crippen LogP contribution in [0.25, 0.3) is 0 Å². The predicted molar refractivity (Wildman–Crippen MR) is 59.3 cm³/mol. The van der Waals surface area contributed by atoms with Crippen molar-refractivity contribution in [3.8, 4) is 0 Å². The lowest BCUT2D eigenvalue weighted by Crippen LogP contribution is -2.50. The van der Waals surface area contributed by atoms with Gasteiger partial charge in [0.2, 0.25) is 0 Å². The van der Waals surface area contributed by atoms with Gasteiger partial charge in [-0.1, -0.05) is 3.82 Å². The van der Waals surface area contributed by atoms with Crippen molar-refractivity contribution in [2.45, 2.75) is 52.6 Å². The number of hydrogen-bond donors (Lipinski definition) is 1. The average Bonchev–Trinajstić information content (AvgIpc) is 1.78. The summed E-state index contributed by atoms with van der Waals surface area (Å²) in [5.74, 6) is 0. The van der Waals surface area contributed by atoms with Gasteiger partial charge in [-0.05, 0) is 53.3 Å². The first kappa shape index (κ1) is 14.2. The van der Waals surface area contributed by atoms with Crippen molar-refractivity contribution in [2.24, 2.45) is 0 Å². The molecule has 0 saturated heterocycles. The Morgan fingerprint density at radius 2 is 1.43 bits per heavy atom. The Morgan fingerprint density at radius 3 is 1.64 bits per heavy atom. The minimum Gasteiger partial charge on any atom is -0.196 e. The van der Waals surface area contributed by atoms with Crippen LogP contribution < -0.4 is 4.72 Å². The number of nitrogens with one attached hydrogen (secondary N) is 1. The minimum absolute atomic E-state index is 0.531. The SMILES string of the molecule is CC(C)(C)NS(=O)(=O)N(Cl)C(C)(C)C. The molecule has 14 heavy (non-hydrogen) atoms. The van der Waals surface area contributed by atoms with Crippen molar-refractivity contribution in [3.05, 3.63) is 0 Å². The van der Waals surface area contributed by atoms with Gasteiger partial charge < -0.3 is 0 Å². The summed E-state index contributed by atoms with van der Waals surface area (Å²) in [4.78, 5) is 0. The van der Waals surface area contributed by atoms with E-state index in [9.17, 15) is 8.42 Å². The topological polar surface area (TPSA) is 49.4 Å². The van der Waals surface area contributed by atoms with E-state index in [1.807, 2.05) is 0 Å². The second-order valence-electron chi connectivity index (χ2n) is 5.24. The second-order valence-corrected chi connectivity index (χ2v) is 7.30. The van der Waals surface area contributed by atoms with Gasteiger partial charge in [0.25, 0.3) is 10.2 Å². The molecule has 0 aromatic heterocycles. The maximum atomic E-state index is 11.7. The molecule has 0 aromatic carbocycles. The van der Waals surface area contributed by atoms with Crippen LogP contribution in [0, 0.1) is 0 Å². The Balaban J connectivity index is 4.83. The summed E-state index contributed by atoms with van der Waals surface area (Å²) in [7, 11) is -3.63. The molecule has 0 atom stereocenters. The third kappa shape index (κ3) is 4.59. The van der Waals surface area contributed by atoms with E-state index in [0.717, 1.165) is 3.82 Å². The van der Waals surface area contributed by atoms with Crippen LogP contribution in [0.3, 0.4) is 0 Å². The fourth-order valence-corrected chi connectivity index (χ4v) is 2.47. The largest absolute Gasteiger partial charge is 0.293 e. The van der Waals surface area contributed by atoms with E-state index in [1.54, 1.807) is 41.5 Å². The number of hydrogen-bond acceptors (Lipinski definition) is 2. The zero-order valence-corrected chi connectivity index (χ0v) is 11.1. The molecule has 0 aliphatic rings. The van der Waals surface area contributed by atoms with Gasteiger partial charge in [0.05, 0.1) is 0 Å². The molecule has 0 fully saturated rings. The van der Waals surface area contributed by atoms with Crippen LogP contribution in [-0.4, -0.2) is 23.3 Å². The van der Waals surface area contributed by atoms with Gasteiger partial charge in [-0.2, -0.15) is 13.1 Å². The molecular formula is C8H19ClN2O2S. The van der Waals surface area contributed by atoms with E-state index in [2.05, 4.69) is 4.72 Å². The van der Waals surface area contributed by atoms with Crippen molar-refractivity contribution in [2.75, 3.05) is 0 Å². The summed E-state index contributed by atoms with van der Waals surface area (Å²) in [6.07, 6.45) is 0. The third-order valence-corrected chi connectivity index (χ3v) is 4.07. The summed E-state index contributed by atoms with van der Waals surface area (Å²) in [6, 6.07) is 0. The molecular weight excluding hydrogens is 224 g/mol. The predicted octanol–water partition coefficient (Wildman–Crippen LogP) is 1.87. The molecule has 0 spiro atoms. The van der Waals surface area contributed by atoms with Crippen LogP contribution in [0.1, 0.15) is 41.5 Å². The van der Waals surface area contributed by atoms with Gasteiger partial charge in [0.15, 0.2) is 0 Å². The van der Waals surface area contributed by atoms with Gasteiger partial charge in [0, 0.05) is 11.1 Å². The molecule has 0 radical (unpaired) electrons. The van der Waals surface area contributed by atoms with Crippen LogP contribution in [0.2, 0.25) is 0 Å². The number of halogens is 1. The Morgan fingerprint density at radius 1 is 1.07 bits per heavy atom. The van der Waals surface area contributed by atoms with E-state index in [4.69, 9.17) is 11.8 Å². The first-order chi connectivity index (χ1) is 5.86. The fraction of sp³-hybridized carbons (Fsp3) is 1.00. The fourth-order valence-electron chi connectivity index (χ4n) is 0.788. The van der Waals surface area contributed by atoms with Crippen LogP contribution in [-0.2, 0) is 10.2 Å². The second kappa shape index (κ2) is 3.96. The first-order valence-corrected chi connectivity index (χ1v) is 6.14. The lowest BCUT2D eigenvalue weighted by atomic mass is 10.1.